The fraction of sp³-hybridized carbons (Fsp3) is 0.679. The lowest BCUT2D eigenvalue weighted by atomic mass is 9.81. The van der Waals surface area contributed by atoms with Gasteiger partial charge in [0.15, 0.2) is 0 Å². The third-order valence-corrected chi connectivity index (χ3v) is 9.25. The lowest BCUT2D eigenvalue weighted by Crippen LogP contribution is -2.60. The van der Waals surface area contributed by atoms with Gasteiger partial charge in [0.25, 0.3) is 5.91 Å². The largest absolute Gasteiger partial charge is 0.349 e. The van der Waals surface area contributed by atoms with E-state index < -0.39 is 11.5 Å². The van der Waals surface area contributed by atoms with Crippen LogP contribution in [0, 0.1) is 5.92 Å². The van der Waals surface area contributed by atoms with Crippen molar-refractivity contribution in [2.75, 3.05) is 20.1 Å². The number of hydrogen-bond donors (Lipinski definition) is 1. The second-order valence-electron chi connectivity index (χ2n) is 11.3. The lowest BCUT2D eigenvalue weighted by Gasteiger charge is -2.46. The molecule has 4 amide bonds. The predicted molar refractivity (Wildman–Crippen MR) is 135 cm³/mol. The topological polar surface area (TPSA) is 73.0 Å². The Morgan fingerprint density at radius 1 is 1.05 bits per heavy atom. The summed E-state index contributed by atoms with van der Waals surface area (Å²) in [7, 11) is 1.58. The highest BCUT2D eigenvalue weighted by Gasteiger charge is 2.61. The van der Waals surface area contributed by atoms with Crippen molar-refractivity contribution in [2.45, 2.75) is 94.3 Å². The van der Waals surface area contributed by atoms with Gasteiger partial charge in [-0.2, -0.15) is 0 Å². The van der Waals surface area contributed by atoms with Gasteiger partial charge in [0.05, 0.1) is 6.04 Å². The molecule has 0 radical (unpaired) electrons. The van der Waals surface area contributed by atoms with E-state index in [9.17, 15) is 23.2 Å². The number of benzene rings is 1. The average molecular weight is 517 g/mol. The summed E-state index contributed by atoms with van der Waals surface area (Å²) in [6.45, 7) is 3.21. The number of piperidine rings is 1. The fourth-order valence-electron chi connectivity index (χ4n) is 7.27. The molecule has 3 heterocycles. The van der Waals surface area contributed by atoms with E-state index in [4.69, 9.17) is 0 Å². The minimum absolute atomic E-state index is 0.0802. The first-order valence-electron chi connectivity index (χ1n) is 13.7. The highest BCUT2D eigenvalue weighted by molar-refractivity contribution is 6.07. The van der Waals surface area contributed by atoms with Crippen LogP contribution in [0.5, 0.6) is 0 Å². The molecule has 3 saturated heterocycles. The summed E-state index contributed by atoms with van der Waals surface area (Å²) in [6.07, 6.45) is 3.94. The molecule has 1 spiro atoms. The highest BCUT2D eigenvalue weighted by atomic mass is 19.3. The molecule has 1 aromatic carbocycles. The molecule has 3 atom stereocenters. The van der Waals surface area contributed by atoms with Gasteiger partial charge in [0.1, 0.15) is 5.54 Å². The summed E-state index contributed by atoms with van der Waals surface area (Å²) in [6, 6.07) is 9.84. The zero-order chi connectivity index (χ0) is 26.4. The van der Waals surface area contributed by atoms with Gasteiger partial charge in [-0.05, 0) is 57.4 Å². The van der Waals surface area contributed by atoms with E-state index in [1.807, 2.05) is 37.3 Å². The molecule has 0 aromatic heterocycles. The number of amides is 4. The average Bonchev–Trinajstić information content (AvgIpc) is 3.22. The number of nitrogens with zero attached hydrogens (tertiary/aromatic N) is 3. The standard InChI is InChI=1S/C28H38F2N4O3/c1-3-34-26(37)32(2)25(36)27(34)17-21-9-10-22(18-27)33(21)16-13-23(19-7-5-4-6-8-19)31-24(35)20-11-14-28(29,30)15-12-20/h4-8,20-23H,3,9-18H2,1-2H3,(H,31,35)/t21?,22?,23-,27?/m0/s1. The Hall–Kier alpha value is -2.55. The van der Waals surface area contributed by atoms with E-state index in [-0.39, 0.29) is 67.6 Å². The predicted octanol–water partition coefficient (Wildman–Crippen LogP) is 4.34. The van der Waals surface area contributed by atoms with E-state index in [1.54, 1.807) is 11.9 Å². The van der Waals surface area contributed by atoms with Crippen molar-refractivity contribution in [3.63, 3.8) is 0 Å². The van der Waals surface area contributed by atoms with Gasteiger partial charge in [0.2, 0.25) is 11.8 Å². The molecular weight excluding hydrogens is 478 g/mol. The summed E-state index contributed by atoms with van der Waals surface area (Å²) in [5, 5.41) is 3.18. The number of rotatable bonds is 7. The highest BCUT2D eigenvalue weighted by Crippen LogP contribution is 2.47. The number of halogens is 2. The van der Waals surface area contributed by atoms with Gasteiger partial charge >= 0.3 is 6.03 Å². The maximum absolute atomic E-state index is 13.6. The summed E-state index contributed by atoms with van der Waals surface area (Å²) < 4.78 is 27.2. The Bertz CT molecular complexity index is 1010. The van der Waals surface area contributed by atoms with Gasteiger partial charge in [-0.25, -0.2) is 13.6 Å². The van der Waals surface area contributed by atoms with Gasteiger partial charge in [-0.1, -0.05) is 30.3 Å². The summed E-state index contributed by atoms with van der Waals surface area (Å²) in [5.74, 6) is -3.25. The van der Waals surface area contributed by atoms with Crippen LogP contribution < -0.4 is 5.32 Å². The quantitative estimate of drug-likeness (QED) is 0.548. The van der Waals surface area contributed by atoms with Crippen molar-refractivity contribution >= 4 is 17.8 Å². The Morgan fingerprint density at radius 2 is 1.68 bits per heavy atom. The van der Waals surface area contributed by atoms with Crippen LogP contribution >= 0.6 is 0 Å². The third kappa shape index (κ3) is 4.75. The summed E-state index contributed by atoms with van der Waals surface area (Å²) in [5.41, 5.74) is 0.270. The number of imide groups is 1. The molecule has 1 aromatic rings. The van der Waals surface area contributed by atoms with Crippen LogP contribution in [-0.2, 0) is 9.59 Å². The molecule has 4 aliphatic rings. The van der Waals surface area contributed by atoms with Crippen LogP contribution in [0.1, 0.15) is 76.3 Å². The molecule has 1 aliphatic carbocycles. The van der Waals surface area contributed by atoms with Crippen molar-refractivity contribution in [1.82, 2.24) is 20.0 Å². The number of hydrogen-bond acceptors (Lipinski definition) is 4. The maximum atomic E-state index is 13.6. The van der Waals surface area contributed by atoms with Crippen molar-refractivity contribution < 1.29 is 23.2 Å². The molecule has 202 valence electrons. The van der Waals surface area contributed by atoms with Crippen molar-refractivity contribution in [2.24, 2.45) is 5.92 Å². The summed E-state index contributed by atoms with van der Waals surface area (Å²) in [4.78, 5) is 44.5. The van der Waals surface area contributed by atoms with E-state index in [1.165, 1.54) is 4.90 Å². The van der Waals surface area contributed by atoms with Crippen molar-refractivity contribution in [3.8, 4) is 0 Å². The Balaban J connectivity index is 1.27. The van der Waals surface area contributed by atoms with Crippen LogP contribution in [0.25, 0.3) is 0 Å². The Morgan fingerprint density at radius 3 is 2.27 bits per heavy atom. The van der Waals surface area contributed by atoms with E-state index in [2.05, 4.69) is 10.2 Å². The smallest absolute Gasteiger partial charge is 0.327 e. The number of nitrogens with one attached hydrogen (secondary N) is 1. The second-order valence-corrected chi connectivity index (χ2v) is 11.3. The van der Waals surface area contributed by atoms with Crippen LogP contribution in [0.3, 0.4) is 0 Å². The molecule has 3 aliphatic heterocycles. The Labute approximate surface area is 217 Å². The number of alkyl halides is 2. The van der Waals surface area contributed by atoms with Crippen LogP contribution in [0.2, 0.25) is 0 Å². The molecule has 1 N–H and O–H groups in total. The molecule has 4 fully saturated rings. The number of urea groups is 1. The normalized spacial score (nSPS) is 30.8. The minimum Gasteiger partial charge on any atom is -0.349 e. The summed E-state index contributed by atoms with van der Waals surface area (Å²) >= 11 is 0. The molecule has 2 unspecified atom stereocenters. The van der Waals surface area contributed by atoms with Gasteiger partial charge < -0.3 is 10.2 Å². The molecule has 37 heavy (non-hydrogen) atoms. The van der Waals surface area contributed by atoms with Gasteiger partial charge in [-0.15, -0.1) is 0 Å². The SMILES string of the molecule is CCN1C(=O)N(C)C(=O)C12CC1CCC(C2)N1CC[C@H](NC(=O)C1CCC(F)(F)CC1)c1ccccc1. The zero-order valence-corrected chi connectivity index (χ0v) is 21.8. The zero-order valence-electron chi connectivity index (χ0n) is 21.8. The molecule has 2 bridgehead atoms. The van der Waals surface area contributed by atoms with Crippen LogP contribution in [0.4, 0.5) is 13.6 Å². The van der Waals surface area contributed by atoms with Gasteiger partial charge in [-0.3, -0.25) is 19.4 Å². The van der Waals surface area contributed by atoms with Crippen LogP contribution in [0.15, 0.2) is 30.3 Å². The molecule has 5 rings (SSSR count). The monoisotopic (exact) mass is 516 g/mol. The van der Waals surface area contributed by atoms with Gasteiger partial charge in [0, 0.05) is 51.0 Å². The number of carbonyl (C=O) groups excluding carboxylic acids is 3. The van der Waals surface area contributed by atoms with E-state index in [0.717, 1.165) is 24.9 Å². The number of carbonyl (C=O) groups is 3. The molecule has 9 heteroatoms. The van der Waals surface area contributed by atoms with Crippen molar-refractivity contribution in [3.05, 3.63) is 35.9 Å². The lowest BCUT2D eigenvalue weighted by molar-refractivity contribution is -0.136. The first-order valence-corrected chi connectivity index (χ1v) is 13.7. The first-order chi connectivity index (χ1) is 17.6. The van der Waals surface area contributed by atoms with E-state index >= 15 is 0 Å². The molecule has 1 saturated carbocycles. The molecule has 7 nitrogen and oxygen atoms in total. The maximum Gasteiger partial charge on any atom is 0.327 e. The third-order valence-electron chi connectivity index (χ3n) is 9.25. The second kappa shape index (κ2) is 9.97. The minimum atomic E-state index is -2.66. The molecular formula is C28H38F2N4O3. The Kier molecular flexibility index (Phi) is 7.02. The first kappa shape index (κ1) is 26.1. The fourth-order valence-corrected chi connectivity index (χ4v) is 7.27. The number of fused-ring (bicyclic) bond motifs is 2. The van der Waals surface area contributed by atoms with E-state index in [0.29, 0.717) is 25.8 Å². The van der Waals surface area contributed by atoms with Crippen molar-refractivity contribution in [1.29, 1.82) is 0 Å². The van der Waals surface area contributed by atoms with Crippen LogP contribution in [-0.4, -0.2) is 76.2 Å². The number of likely N-dealkylation sites (N-methyl/N-ethyl adjacent to an activating group) is 2.